The van der Waals surface area contributed by atoms with Gasteiger partial charge in [-0.1, -0.05) is 0 Å². The van der Waals surface area contributed by atoms with E-state index in [1.165, 1.54) is 39.3 Å². The number of nitrogens with zero attached hydrogens (tertiary/aromatic N) is 3. The predicted molar refractivity (Wildman–Crippen MR) is 38.5 cm³/mol. The van der Waals surface area contributed by atoms with Gasteiger partial charge in [0.1, 0.15) is 6.29 Å². The summed E-state index contributed by atoms with van der Waals surface area (Å²) in [7, 11) is 0. The maximum Gasteiger partial charge on any atom is 0.119 e. The minimum absolute atomic E-state index is 0.722. The van der Waals surface area contributed by atoms with Crippen LogP contribution >= 0.6 is 0 Å². The van der Waals surface area contributed by atoms with Crippen LogP contribution in [0.3, 0.4) is 0 Å². The highest BCUT2D eigenvalue weighted by Crippen LogP contribution is 2.27. The molecular formula is C7H13N3. The van der Waals surface area contributed by atoms with E-state index < -0.39 is 0 Å². The Kier molecular flexibility index (Phi) is 0.952. The number of hydrogen-bond acceptors (Lipinski definition) is 3. The van der Waals surface area contributed by atoms with Crippen molar-refractivity contribution in [1.29, 1.82) is 0 Å². The van der Waals surface area contributed by atoms with Crippen LogP contribution in [0.1, 0.15) is 0 Å². The summed E-state index contributed by atoms with van der Waals surface area (Å²) >= 11 is 0. The van der Waals surface area contributed by atoms with E-state index in [0.717, 1.165) is 6.29 Å². The molecule has 3 saturated heterocycles. The zero-order valence-corrected chi connectivity index (χ0v) is 6.16. The van der Waals surface area contributed by atoms with E-state index >= 15 is 0 Å². The number of hydrogen-bond donors (Lipinski definition) is 0. The lowest BCUT2D eigenvalue weighted by Crippen LogP contribution is -2.35. The zero-order chi connectivity index (χ0) is 6.55. The van der Waals surface area contributed by atoms with Gasteiger partial charge in [-0.3, -0.25) is 14.7 Å². The average molecular weight is 139 g/mol. The van der Waals surface area contributed by atoms with Gasteiger partial charge in [0.2, 0.25) is 0 Å². The second-order valence-electron chi connectivity index (χ2n) is 3.45. The van der Waals surface area contributed by atoms with Crippen LogP contribution in [0.5, 0.6) is 0 Å². The van der Waals surface area contributed by atoms with Crippen molar-refractivity contribution in [3.8, 4) is 0 Å². The Labute approximate surface area is 61.2 Å². The third-order valence-electron chi connectivity index (χ3n) is 3.00. The first-order valence-corrected chi connectivity index (χ1v) is 4.17. The molecule has 3 aliphatic rings. The van der Waals surface area contributed by atoms with Crippen molar-refractivity contribution in [1.82, 2.24) is 14.7 Å². The Morgan fingerprint density at radius 1 is 0.600 bits per heavy atom. The van der Waals surface area contributed by atoms with Crippen LogP contribution in [-0.4, -0.2) is 60.3 Å². The third kappa shape index (κ3) is 0.516. The maximum atomic E-state index is 2.59. The van der Waals surface area contributed by atoms with Gasteiger partial charge in [-0.15, -0.1) is 0 Å². The highest BCUT2D eigenvalue weighted by Gasteiger charge is 2.44. The van der Waals surface area contributed by atoms with Gasteiger partial charge in [0.25, 0.3) is 0 Å². The van der Waals surface area contributed by atoms with E-state index in [0.29, 0.717) is 0 Å². The molecule has 56 valence electrons. The molecule has 3 heteroatoms. The van der Waals surface area contributed by atoms with Gasteiger partial charge in [-0.05, 0) is 0 Å². The first-order valence-electron chi connectivity index (χ1n) is 4.17. The van der Waals surface area contributed by atoms with Crippen LogP contribution < -0.4 is 0 Å². The molecule has 0 N–H and O–H groups in total. The zero-order valence-electron chi connectivity index (χ0n) is 6.16. The van der Waals surface area contributed by atoms with Gasteiger partial charge in [0.05, 0.1) is 0 Å². The molecule has 0 bridgehead atoms. The molecule has 3 heterocycles. The molecule has 3 rings (SSSR count). The summed E-state index contributed by atoms with van der Waals surface area (Å²) in [6.45, 7) is 7.84. The minimum Gasteiger partial charge on any atom is -0.273 e. The second kappa shape index (κ2) is 1.72. The largest absolute Gasteiger partial charge is 0.273 e. The fourth-order valence-corrected chi connectivity index (χ4v) is 2.49. The van der Waals surface area contributed by atoms with Gasteiger partial charge in [-0.25, -0.2) is 0 Å². The molecule has 10 heavy (non-hydrogen) atoms. The summed E-state index contributed by atoms with van der Waals surface area (Å²) in [6, 6.07) is 0. The van der Waals surface area contributed by atoms with E-state index in [1.54, 1.807) is 0 Å². The molecule has 0 spiro atoms. The summed E-state index contributed by atoms with van der Waals surface area (Å²) in [6.07, 6.45) is 0.722. The van der Waals surface area contributed by atoms with Crippen molar-refractivity contribution in [2.24, 2.45) is 0 Å². The summed E-state index contributed by atoms with van der Waals surface area (Å²) < 4.78 is 0. The average Bonchev–Trinajstić information content (AvgIpc) is 2.56. The van der Waals surface area contributed by atoms with E-state index in [-0.39, 0.29) is 0 Å². The predicted octanol–water partition coefficient (Wildman–Crippen LogP) is -0.783. The smallest absolute Gasteiger partial charge is 0.119 e. The highest BCUT2D eigenvalue weighted by atomic mass is 15.6. The van der Waals surface area contributed by atoms with E-state index in [4.69, 9.17) is 0 Å². The molecule has 3 nitrogen and oxygen atoms in total. The lowest BCUT2D eigenvalue weighted by atomic mass is 10.6. The fourth-order valence-electron chi connectivity index (χ4n) is 2.49. The Morgan fingerprint density at radius 3 is 1.20 bits per heavy atom. The van der Waals surface area contributed by atoms with Crippen LogP contribution in [0.2, 0.25) is 0 Å². The molecule has 0 radical (unpaired) electrons. The van der Waals surface area contributed by atoms with Crippen molar-refractivity contribution in [2.45, 2.75) is 6.29 Å². The Bertz CT molecular complexity index is 118. The van der Waals surface area contributed by atoms with Crippen molar-refractivity contribution in [3.05, 3.63) is 0 Å². The van der Waals surface area contributed by atoms with Crippen molar-refractivity contribution in [2.75, 3.05) is 39.3 Å². The van der Waals surface area contributed by atoms with Gasteiger partial charge in [0.15, 0.2) is 0 Å². The first-order chi connectivity index (χ1) is 4.95. The van der Waals surface area contributed by atoms with Crippen LogP contribution in [0.15, 0.2) is 0 Å². The van der Waals surface area contributed by atoms with Crippen LogP contribution in [0.25, 0.3) is 0 Å². The summed E-state index contributed by atoms with van der Waals surface area (Å²) in [4.78, 5) is 7.77. The molecule has 0 saturated carbocycles. The quantitative estimate of drug-likeness (QED) is 0.436. The molecule has 0 aliphatic carbocycles. The SMILES string of the molecule is C1CN2CCN3CCN1C23. The molecule has 0 atom stereocenters. The van der Waals surface area contributed by atoms with Gasteiger partial charge in [0, 0.05) is 39.3 Å². The Balaban J connectivity index is 1.94. The third-order valence-corrected chi connectivity index (χ3v) is 3.00. The number of rotatable bonds is 0. The minimum atomic E-state index is 0.722. The van der Waals surface area contributed by atoms with Crippen LogP contribution in [-0.2, 0) is 0 Å². The van der Waals surface area contributed by atoms with E-state index in [1.807, 2.05) is 0 Å². The highest BCUT2D eigenvalue weighted by molar-refractivity contribution is 4.93. The van der Waals surface area contributed by atoms with Crippen molar-refractivity contribution in [3.63, 3.8) is 0 Å². The fraction of sp³-hybridized carbons (Fsp3) is 1.00. The first kappa shape index (κ1) is 5.52. The van der Waals surface area contributed by atoms with Gasteiger partial charge < -0.3 is 0 Å². The molecule has 0 amide bonds. The molecule has 0 aromatic carbocycles. The molecule has 0 aromatic heterocycles. The standard InChI is InChI=1S/C7H13N3/c1-2-9-5-6-10-4-3-8(1)7(9)10/h7H,1-6H2. The monoisotopic (exact) mass is 139 g/mol. The summed E-state index contributed by atoms with van der Waals surface area (Å²) in [5.41, 5.74) is 0. The van der Waals surface area contributed by atoms with Gasteiger partial charge >= 0.3 is 0 Å². The Hall–Kier alpha value is -0.120. The Morgan fingerprint density at radius 2 is 0.900 bits per heavy atom. The lowest BCUT2D eigenvalue weighted by molar-refractivity contribution is 0.133. The molecule has 0 aromatic rings. The van der Waals surface area contributed by atoms with Crippen LogP contribution in [0.4, 0.5) is 0 Å². The molecule has 3 fully saturated rings. The van der Waals surface area contributed by atoms with Crippen molar-refractivity contribution >= 4 is 0 Å². The summed E-state index contributed by atoms with van der Waals surface area (Å²) in [5, 5.41) is 0. The normalized spacial score (nSPS) is 36.0. The van der Waals surface area contributed by atoms with E-state index in [9.17, 15) is 0 Å². The second-order valence-corrected chi connectivity index (χ2v) is 3.45. The van der Waals surface area contributed by atoms with Crippen LogP contribution in [0, 0.1) is 0 Å². The molecule has 0 unspecified atom stereocenters. The molecule has 3 aliphatic heterocycles. The van der Waals surface area contributed by atoms with Crippen molar-refractivity contribution < 1.29 is 0 Å². The lowest BCUT2D eigenvalue weighted by Gasteiger charge is -2.19. The maximum absolute atomic E-state index is 2.59. The van der Waals surface area contributed by atoms with Gasteiger partial charge in [-0.2, -0.15) is 0 Å². The summed E-state index contributed by atoms with van der Waals surface area (Å²) in [5.74, 6) is 0. The topological polar surface area (TPSA) is 9.72 Å². The van der Waals surface area contributed by atoms with E-state index in [2.05, 4.69) is 14.7 Å². The molecular weight excluding hydrogens is 126 g/mol.